The predicted octanol–water partition coefficient (Wildman–Crippen LogP) is 2.56. The van der Waals surface area contributed by atoms with Crippen molar-refractivity contribution in [2.24, 2.45) is 0 Å². The molecule has 3 heteroatoms. The van der Waals surface area contributed by atoms with Gasteiger partial charge in [0.15, 0.2) is 0 Å². The number of hydrogen-bond acceptors (Lipinski definition) is 3. The van der Waals surface area contributed by atoms with Gasteiger partial charge in [-0.25, -0.2) is 0 Å². The van der Waals surface area contributed by atoms with Crippen LogP contribution in [0.15, 0.2) is 24.4 Å². The summed E-state index contributed by atoms with van der Waals surface area (Å²) in [4.78, 5) is 4.44. The van der Waals surface area contributed by atoms with Gasteiger partial charge in [0.25, 0.3) is 0 Å². The normalized spacial score (nSPS) is 19.9. The minimum absolute atomic E-state index is 0.00747. The van der Waals surface area contributed by atoms with E-state index in [0.29, 0.717) is 6.04 Å². The Labute approximate surface area is 110 Å². The van der Waals surface area contributed by atoms with E-state index in [4.69, 9.17) is 4.74 Å². The maximum Gasteiger partial charge on any atom is 0.0834 e. The van der Waals surface area contributed by atoms with Crippen molar-refractivity contribution in [3.05, 3.63) is 30.1 Å². The molecule has 1 aromatic heterocycles. The van der Waals surface area contributed by atoms with Gasteiger partial charge in [0.05, 0.1) is 5.60 Å². The summed E-state index contributed by atoms with van der Waals surface area (Å²) in [5.41, 5.74) is 1.15. The Bertz CT molecular complexity index is 347. The highest BCUT2D eigenvalue weighted by molar-refractivity contribution is 5.09. The molecular weight excluding hydrogens is 224 g/mol. The lowest BCUT2D eigenvalue weighted by Gasteiger charge is -2.37. The Morgan fingerprint density at radius 1 is 1.39 bits per heavy atom. The second kappa shape index (κ2) is 6.30. The van der Waals surface area contributed by atoms with E-state index in [1.165, 1.54) is 12.8 Å². The van der Waals surface area contributed by atoms with Gasteiger partial charge in [0, 0.05) is 31.5 Å². The van der Waals surface area contributed by atoms with Crippen LogP contribution in [0.2, 0.25) is 0 Å². The van der Waals surface area contributed by atoms with E-state index in [2.05, 4.69) is 29.4 Å². The molecule has 2 rings (SSSR count). The van der Waals surface area contributed by atoms with Gasteiger partial charge in [0.1, 0.15) is 0 Å². The first-order valence-electron chi connectivity index (χ1n) is 6.99. The Hall–Kier alpha value is -0.930. The fourth-order valence-electron chi connectivity index (χ4n) is 3.09. The van der Waals surface area contributed by atoms with Crippen LogP contribution in [0.5, 0.6) is 0 Å². The quantitative estimate of drug-likeness (QED) is 0.840. The van der Waals surface area contributed by atoms with Crippen molar-refractivity contribution in [1.29, 1.82) is 0 Å². The first-order chi connectivity index (χ1) is 8.80. The number of nitrogens with zero attached hydrogens (tertiary/aromatic N) is 1. The van der Waals surface area contributed by atoms with Gasteiger partial charge in [-0.3, -0.25) is 4.98 Å². The van der Waals surface area contributed by atoms with E-state index in [1.54, 1.807) is 0 Å². The summed E-state index contributed by atoms with van der Waals surface area (Å²) in [6.07, 6.45) is 7.69. The summed E-state index contributed by atoms with van der Waals surface area (Å²) in [5, 5.41) is 3.60. The summed E-state index contributed by atoms with van der Waals surface area (Å²) >= 11 is 0. The first-order valence-corrected chi connectivity index (χ1v) is 6.99. The lowest BCUT2D eigenvalue weighted by atomic mass is 9.88. The fourth-order valence-corrected chi connectivity index (χ4v) is 3.09. The number of rotatable bonds is 6. The van der Waals surface area contributed by atoms with Crippen molar-refractivity contribution in [1.82, 2.24) is 10.3 Å². The van der Waals surface area contributed by atoms with Crippen molar-refractivity contribution in [3.8, 4) is 0 Å². The van der Waals surface area contributed by atoms with Gasteiger partial charge >= 0.3 is 0 Å². The number of ether oxygens (including phenoxy) is 1. The molecule has 0 spiro atoms. The zero-order chi connectivity index (χ0) is 12.8. The largest absolute Gasteiger partial charge is 0.377 e. The standard InChI is InChI=1S/C15H24N2O/c1-3-16-14(12-13-8-4-7-11-17-13)15(18-2)9-5-6-10-15/h4,7-8,11,14,16H,3,5-6,9-10,12H2,1-2H3. The Morgan fingerprint density at radius 3 is 2.72 bits per heavy atom. The van der Waals surface area contributed by atoms with E-state index in [0.717, 1.165) is 31.5 Å². The van der Waals surface area contributed by atoms with Crippen molar-refractivity contribution >= 4 is 0 Å². The number of nitrogens with one attached hydrogen (secondary N) is 1. The van der Waals surface area contributed by atoms with Crippen LogP contribution in [-0.4, -0.2) is 30.3 Å². The lowest BCUT2D eigenvalue weighted by Crippen LogP contribution is -2.51. The molecule has 1 heterocycles. The van der Waals surface area contributed by atoms with Crippen LogP contribution in [0.4, 0.5) is 0 Å². The summed E-state index contributed by atoms with van der Waals surface area (Å²) < 4.78 is 5.90. The van der Waals surface area contributed by atoms with Gasteiger partial charge < -0.3 is 10.1 Å². The van der Waals surface area contributed by atoms with E-state index in [9.17, 15) is 0 Å². The third kappa shape index (κ3) is 2.90. The van der Waals surface area contributed by atoms with Crippen LogP contribution < -0.4 is 5.32 Å². The number of aromatic nitrogens is 1. The summed E-state index contributed by atoms with van der Waals surface area (Å²) in [5.74, 6) is 0. The van der Waals surface area contributed by atoms with Crippen LogP contribution in [0, 0.1) is 0 Å². The molecule has 1 aliphatic carbocycles. The van der Waals surface area contributed by atoms with Crippen molar-refractivity contribution in [2.75, 3.05) is 13.7 Å². The van der Waals surface area contributed by atoms with Crippen LogP contribution >= 0.6 is 0 Å². The van der Waals surface area contributed by atoms with Gasteiger partial charge in [-0.15, -0.1) is 0 Å². The molecule has 0 amide bonds. The zero-order valence-electron chi connectivity index (χ0n) is 11.5. The smallest absolute Gasteiger partial charge is 0.0834 e. The van der Waals surface area contributed by atoms with E-state index >= 15 is 0 Å². The average Bonchev–Trinajstić information content (AvgIpc) is 2.89. The molecule has 0 aliphatic heterocycles. The summed E-state index contributed by atoms with van der Waals surface area (Å²) in [7, 11) is 1.86. The molecular formula is C15H24N2O. The maximum absolute atomic E-state index is 5.90. The second-order valence-electron chi connectivity index (χ2n) is 5.11. The highest BCUT2D eigenvalue weighted by Gasteiger charge is 2.41. The molecule has 1 fully saturated rings. The molecule has 1 aromatic rings. The third-order valence-electron chi connectivity index (χ3n) is 4.08. The van der Waals surface area contributed by atoms with Gasteiger partial charge in [-0.2, -0.15) is 0 Å². The summed E-state index contributed by atoms with van der Waals surface area (Å²) in [6.45, 7) is 3.13. The Kier molecular flexibility index (Phi) is 4.72. The van der Waals surface area contributed by atoms with Gasteiger partial charge in [0.2, 0.25) is 0 Å². The zero-order valence-corrected chi connectivity index (χ0v) is 11.5. The van der Waals surface area contributed by atoms with E-state index in [-0.39, 0.29) is 5.60 Å². The van der Waals surface area contributed by atoms with Gasteiger partial charge in [-0.1, -0.05) is 25.8 Å². The van der Waals surface area contributed by atoms with Crippen LogP contribution in [0.1, 0.15) is 38.3 Å². The molecule has 100 valence electrons. The third-order valence-corrected chi connectivity index (χ3v) is 4.08. The van der Waals surface area contributed by atoms with Crippen molar-refractivity contribution < 1.29 is 4.74 Å². The molecule has 0 saturated heterocycles. The second-order valence-corrected chi connectivity index (χ2v) is 5.11. The molecule has 1 saturated carbocycles. The monoisotopic (exact) mass is 248 g/mol. The number of pyridine rings is 1. The Morgan fingerprint density at radius 2 is 2.17 bits per heavy atom. The number of methoxy groups -OCH3 is 1. The Balaban J connectivity index is 2.12. The van der Waals surface area contributed by atoms with Crippen molar-refractivity contribution in [3.63, 3.8) is 0 Å². The summed E-state index contributed by atoms with van der Waals surface area (Å²) in [6, 6.07) is 6.49. The molecule has 0 bridgehead atoms. The lowest BCUT2D eigenvalue weighted by molar-refractivity contribution is -0.0353. The number of likely N-dealkylation sites (N-methyl/N-ethyl adjacent to an activating group) is 1. The molecule has 1 atom stereocenters. The van der Waals surface area contributed by atoms with Gasteiger partial charge in [-0.05, 0) is 31.5 Å². The fraction of sp³-hybridized carbons (Fsp3) is 0.667. The topological polar surface area (TPSA) is 34.2 Å². The highest BCUT2D eigenvalue weighted by atomic mass is 16.5. The van der Waals surface area contributed by atoms with E-state index in [1.807, 2.05) is 19.4 Å². The van der Waals surface area contributed by atoms with Crippen LogP contribution in [-0.2, 0) is 11.2 Å². The molecule has 3 nitrogen and oxygen atoms in total. The average molecular weight is 248 g/mol. The minimum Gasteiger partial charge on any atom is -0.377 e. The predicted molar refractivity (Wildman–Crippen MR) is 73.6 cm³/mol. The van der Waals surface area contributed by atoms with E-state index < -0.39 is 0 Å². The maximum atomic E-state index is 5.90. The SMILES string of the molecule is CCNC(Cc1ccccn1)C1(OC)CCCC1. The molecule has 1 N–H and O–H groups in total. The van der Waals surface area contributed by atoms with Crippen molar-refractivity contribution in [2.45, 2.75) is 50.7 Å². The molecule has 1 unspecified atom stereocenters. The van der Waals surface area contributed by atoms with Crippen LogP contribution in [0.3, 0.4) is 0 Å². The highest BCUT2D eigenvalue weighted by Crippen LogP contribution is 2.36. The minimum atomic E-state index is 0.00747. The molecule has 0 aromatic carbocycles. The number of hydrogen-bond donors (Lipinski definition) is 1. The first kappa shape index (κ1) is 13.5. The molecule has 0 radical (unpaired) electrons. The molecule has 18 heavy (non-hydrogen) atoms. The van der Waals surface area contributed by atoms with Crippen LogP contribution in [0.25, 0.3) is 0 Å². The molecule has 1 aliphatic rings.